The van der Waals surface area contributed by atoms with E-state index in [1.54, 1.807) is 12.3 Å². The molecular weight excluding hydrogens is 166 g/mol. The number of hydrogen-bond donors (Lipinski definition) is 2. The van der Waals surface area contributed by atoms with E-state index in [-0.39, 0.29) is 0 Å². The maximum Gasteiger partial charge on any atom is 0.182 e. The van der Waals surface area contributed by atoms with Gasteiger partial charge in [0.15, 0.2) is 6.19 Å². The summed E-state index contributed by atoms with van der Waals surface area (Å²) in [5.74, 6) is 1.24. The third kappa shape index (κ3) is 2.95. The van der Waals surface area contributed by atoms with Gasteiger partial charge in [0.2, 0.25) is 0 Å². The van der Waals surface area contributed by atoms with E-state index < -0.39 is 0 Å². The van der Waals surface area contributed by atoms with E-state index in [0.717, 1.165) is 18.8 Å². The lowest BCUT2D eigenvalue weighted by molar-refractivity contribution is 0.965. The Morgan fingerprint density at radius 1 is 1.46 bits per heavy atom. The predicted molar refractivity (Wildman–Crippen MR) is 50.0 cm³/mol. The molecule has 0 saturated carbocycles. The third-order valence-electron chi connectivity index (χ3n) is 1.41. The van der Waals surface area contributed by atoms with E-state index in [9.17, 15) is 0 Å². The Morgan fingerprint density at radius 3 is 2.92 bits per heavy atom. The van der Waals surface area contributed by atoms with Crippen molar-refractivity contribution >= 4 is 11.6 Å². The number of nitrogens with zero attached hydrogens (tertiary/aromatic N) is 3. The van der Waals surface area contributed by atoms with Crippen LogP contribution in [0.3, 0.4) is 0 Å². The second-order valence-electron chi connectivity index (χ2n) is 2.45. The van der Waals surface area contributed by atoms with Crippen LogP contribution in [-0.2, 0) is 0 Å². The molecule has 0 fully saturated rings. The maximum atomic E-state index is 8.34. The van der Waals surface area contributed by atoms with Gasteiger partial charge in [-0.25, -0.2) is 9.97 Å². The van der Waals surface area contributed by atoms with Gasteiger partial charge < -0.3 is 5.32 Å². The molecule has 5 nitrogen and oxygen atoms in total. The largest absolute Gasteiger partial charge is 0.370 e. The fourth-order valence-electron chi connectivity index (χ4n) is 0.833. The Labute approximate surface area is 76.8 Å². The first-order valence-electron chi connectivity index (χ1n) is 4.08. The van der Waals surface area contributed by atoms with Crippen molar-refractivity contribution < 1.29 is 0 Å². The van der Waals surface area contributed by atoms with Gasteiger partial charge in [-0.3, -0.25) is 5.32 Å². The van der Waals surface area contributed by atoms with Crippen molar-refractivity contribution in [2.75, 3.05) is 17.2 Å². The molecular formula is C8H11N5. The Morgan fingerprint density at radius 2 is 2.23 bits per heavy atom. The molecule has 0 aliphatic carbocycles. The molecule has 0 amide bonds. The summed E-state index contributed by atoms with van der Waals surface area (Å²) in [6.07, 6.45) is 4.25. The second-order valence-corrected chi connectivity index (χ2v) is 2.45. The summed E-state index contributed by atoms with van der Waals surface area (Å²) in [6.45, 7) is 2.94. The summed E-state index contributed by atoms with van der Waals surface area (Å²) in [5, 5.41) is 13.9. The lowest BCUT2D eigenvalue weighted by Crippen LogP contribution is -2.03. The van der Waals surface area contributed by atoms with Crippen LogP contribution in [-0.4, -0.2) is 16.5 Å². The molecule has 1 aromatic heterocycles. The highest BCUT2D eigenvalue weighted by atomic mass is 15.1. The number of rotatable bonds is 4. The van der Waals surface area contributed by atoms with E-state index in [0.29, 0.717) is 5.82 Å². The van der Waals surface area contributed by atoms with Crippen molar-refractivity contribution in [1.82, 2.24) is 9.97 Å². The van der Waals surface area contributed by atoms with Crippen LogP contribution in [0.2, 0.25) is 0 Å². The lowest BCUT2D eigenvalue weighted by atomic mass is 10.4. The van der Waals surface area contributed by atoms with Gasteiger partial charge in [0, 0.05) is 12.6 Å². The Kier molecular flexibility index (Phi) is 3.51. The van der Waals surface area contributed by atoms with Gasteiger partial charge in [-0.05, 0) is 6.42 Å². The Hall–Kier alpha value is -1.83. The zero-order valence-electron chi connectivity index (χ0n) is 7.41. The van der Waals surface area contributed by atoms with E-state index in [2.05, 4.69) is 27.5 Å². The van der Waals surface area contributed by atoms with Crippen LogP contribution in [0.4, 0.5) is 11.6 Å². The average Bonchev–Trinajstić information content (AvgIpc) is 2.16. The first-order valence-corrected chi connectivity index (χ1v) is 4.08. The number of hydrogen-bond acceptors (Lipinski definition) is 5. The summed E-state index contributed by atoms with van der Waals surface area (Å²) in [6, 6.07) is 1.69. The zero-order chi connectivity index (χ0) is 9.52. The molecule has 1 rings (SSSR count). The minimum atomic E-state index is 0.510. The van der Waals surface area contributed by atoms with Gasteiger partial charge in [0.25, 0.3) is 0 Å². The molecule has 0 radical (unpaired) electrons. The molecule has 2 N–H and O–H groups in total. The standard InChI is InChI=1S/C8H11N5/c1-2-3-10-7-4-8(11-5-9)13-6-12-7/h4,6H,2-3H2,1H3,(H2,10,11,12,13). The van der Waals surface area contributed by atoms with Crippen molar-refractivity contribution in [2.24, 2.45) is 0 Å². The smallest absolute Gasteiger partial charge is 0.182 e. The van der Waals surface area contributed by atoms with Crippen LogP contribution in [0.1, 0.15) is 13.3 Å². The molecule has 0 saturated heterocycles. The van der Waals surface area contributed by atoms with E-state index in [4.69, 9.17) is 5.26 Å². The molecule has 0 aliphatic heterocycles. The van der Waals surface area contributed by atoms with Gasteiger partial charge >= 0.3 is 0 Å². The fourth-order valence-corrected chi connectivity index (χ4v) is 0.833. The molecule has 1 heterocycles. The number of anilines is 2. The number of nitrogens with one attached hydrogen (secondary N) is 2. The molecule has 0 aliphatic rings. The van der Waals surface area contributed by atoms with Gasteiger partial charge in [-0.15, -0.1) is 0 Å². The molecule has 0 unspecified atom stereocenters. The minimum absolute atomic E-state index is 0.510. The summed E-state index contributed by atoms with van der Waals surface area (Å²) in [4.78, 5) is 7.84. The maximum absolute atomic E-state index is 8.34. The van der Waals surface area contributed by atoms with E-state index >= 15 is 0 Å². The van der Waals surface area contributed by atoms with Crippen LogP contribution < -0.4 is 10.6 Å². The quantitative estimate of drug-likeness (QED) is 0.533. The highest BCUT2D eigenvalue weighted by molar-refractivity contribution is 5.48. The number of nitriles is 1. The second kappa shape index (κ2) is 4.93. The molecule has 0 atom stereocenters. The van der Waals surface area contributed by atoms with Crippen LogP contribution in [0, 0.1) is 11.5 Å². The minimum Gasteiger partial charge on any atom is -0.370 e. The first-order chi connectivity index (χ1) is 6.36. The van der Waals surface area contributed by atoms with E-state index in [1.165, 1.54) is 6.33 Å². The highest BCUT2D eigenvalue weighted by Crippen LogP contribution is 2.07. The Bertz CT molecular complexity index is 304. The van der Waals surface area contributed by atoms with Gasteiger partial charge in [0.1, 0.15) is 18.0 Å². The molecule has 5 heteroatoms. The van der Waals surface area contributed by atoms with Crippen molar-refractivity contribution in [3.05, 3.63) is 12.4 Å². The third-order valence-corrected chi connectivity index (χ3v) is 1.41. The van der Waals surface area contributed by atoms with Gasteiger partial charge in [-0.2, -0.15) is 5.26 Å². The fraction of sp³-hybridized carbons (Fsp3) is 0.375. The van der Waals surface area contributed by atoms with Crippen LogP contribution in [0.25, 0.3) is 0 Å². The van der Waals surface area contributed by atoms with Crippen LogP contribution in [0.15, 0.2) is 12.4 Å². The average molecular weight is 177 g/mol. The summed E-state index contributed by atoms with van der Waals surface area (Å²) >= 11 is 0. The zero-order valence-corrected chi connectivity index (χ0v) is 7.41. The summed E-state index contributed by atoms with van der Waals surface area (Å²) < 4.78 is 0. The first kappa shape index (κ1) is 9.26. The monoisotopic (exact) mass is 177 g/mol. The van der Waals surface area contributed by atoms with E-state index in [1.807, 2.05) is 0 Å². The van der Waals surface area contributed by atoms with Crippen molar-refractivity contribution in [2.45, 2.75) is 13.3 Å². The molecule has 0 aromatic carbocycles. The summed E-state index contributed by atoms with van der Waals surface area (Å²) in [7, 11) is 0. The Balaban J connectivity index is 2.63. The molecule has 13 heavy (non-hydrogen) atoms. The van der Waals surface area contributed by atoms with Gasteiger partial charge in [0.05, 0.1) is 0 Å². The van der Waals surface area contributed by atoms with Crippen LogP contribution in [0.5, 0.6) is 0 Å². The topological polar surface area (TPSA) is 73.6 Å². The summed E-state index contributed by atoms with van der Waals surface area (Å²) in [5.41, 5.74) is 0. The molecule has 1 aromatic rings. The van der Waals surface area contributed by atoms with Crippen molar-refractivity contribution in [1.29, 1.82) is 5.26 Å². The van der Waals surface area contributed by atoms with Crippen LogP contribution >= 0.6 is 0 Å². The normalized spacial score (nSPS) is 8.92. The predicted octanol–water partition coefficient (Wildman–Crippen LogP) is 1.19. The van der Waals surface area contributed by atoms with Crippen molar-refractivity contribution in [3.8, 4) is 6.19 Å². The SMILES string of the molecule is CCCNc1cc(NC#N)ncn1. The number of aromatic nitrogens is 2. The highest BCUT2D eigenvalue weighted by Gasteiger charge is 1.95. The van der Waals surface area contributed by atoms with Crippen molar-refractivity contribution in [3.63, 3.8) is 0 Å². The molecule has 0 bridgehead atoms. The molecule has 0 spiro atoms. The molecule has 68 valence electrons. The lowest BCUT2D eigenvalue weighted by Gasteiger charge is -2.03. The van der Waals surface area contributed by atoms with Gasteiger partial charge in [-0.1, -0.05) is 6.92 Å².